The van der Waals surface area contributed by atoms with Crippen LogP contribution in [0.4, 0.5) is 0 Å². The molecule has 34 heavy (non-hydrogen) atoms. The zero-order valence-electron chi connectivity index (χ0n) is 17.8. The molecule has 0 saturated heterocycles. The number of nitrogens with zero attached hydrogens (tertiary/aromatic N) is 1. The average Bonchev–Trinajstić information content (AvgIpc) is 3.17. The van der Waals surface area contributed by atoms with Crippen molar-refractivity contribution < 1.29 is 19.1 Å². The van der Waals surface area contributed by atoms with E-state index in [0.717, 1.165) is 10.1 Å². The van der Waals surface area contributed by atoms with Crippen LogP contribution in [0.15, 0.2) is 77.9 Å². The number of hydrazone groups is 1. The third-order valence-corrected chi connectivity index (χ3v) is 6.58. The minimum Gasteiger partial charge on any atom is -0.481 e. The van der Waals surface area contributed by atoms with Gasteiger partial charge in [0.25, 0.3) is 5.91 Å². The summed E-state index contributed by atoms with van der Waals surface area (Å²) in [4.78, 5) is 25.2. The van der Waals surface area contributed by atoms with Crippen LogP contribution in [0.2, 0.25) is 10.0 Å². The molecular weight excluding hydrogens is 495 g/mol. The predicted octanol–water partition coefficient (Wildman–Crippen LogP) is 6.34. The largest absolute Gasteiger partial charge is 0.481 e. The molecule has 1 N–H and O–H groups in total. The van der Waals surface area contributed by atoms with Crippen LogP contribution in [0.3, 0.4) is 0 Å². The Hall–Kier alpha value is -3.39. The molecule has 0 saturated carbocycles. The van der Waals surface area contributed by atoms with Gasteiger partial charge in [-0.15, -0.1) is 11.3 Å². The number of benzene rings is 3. The van der Waals surface area contributed by atoms with Gasteiger partial charge in [-0.1, -0.05) is 53.5 Å². The van der Waals surface area contributed by atoms with Crippen molar-refractivity contribution in [2.75, 3.05) is 0 Å². The van der Waals surface area contributed by atoms with Crippen LogP contribution >= 0.6 is 34.5 Å². The highest BCUT2D eigenvalue weighted by atomic mass is 35.5. The van der Waals surface area contributed by atoms with E-state index in [4.69, 9.17) is 32.7 Å². The van der Waals surface area contributed by atoms with Gasteiger partial charge in [-0.2, -0.15) is 5.10 Å². The summed E-state index contributed by atoms with van der Waals surface area (Å²) in [7, 11) is 0. The Kier molecular flexibility index (Phi) is 7.47. The Morgan fingerprint density at radius 2 is 1.76 bits per heavy atom. The van der Waals surface area contributed by atoms with Gasteiger partial charge >= 0.3 is 5.97 Å². The Bertz CT molecular complexity index is 1370. The summed E-state index contributed by atoms with van der Waals surface area (Å²) in [5, 5.41) is 5.72. The summed E-state index contributed by atoms with van der Waals surface area (Å²) in [6, 6.07) is 21.0. The molecule has 0 aliphatic heterocycles. The second-order valence-electron chi connectivity index (χ2n) is 7.15. The normalized spacial score (nSPS) is 12.0. The van der Waals surface area contributed by atoms with Crippen molar-refractivity contribution in [3.8, 4) is 11.5 Å². The summed E-state index contributed by atoms with van der Waals surface area (Å²) in [5.74, 6) is -0.118. The van der Waals surface area contributed by atoms with Crippen molar-refractivity contribution in [1.82, 2.24) is 5.43 Å². The highest BCUT2D eigenvalue weighted by molar-refractivity contribution is 7.21. The molecule has 3 aromatic carbocycles. The third-order valence-electron chi connectivity index (χ3n) is 4.67. The minimum atomic E-state index is -0.767. The van der Waals surface area contributed by atoms with Crippen molar-refractivity contribution in [3.63, 3.8) is 0 Å². The molecule has 0 spiro atoms. The van der Waals surface area contributed by atoms with Crippen LogP contribution in [0.25, 0.3) is 10.1 Å². The number of esters is 1. The fourth-order valence-corrected chi connectivity index (χ4v) is 4.50. The number of hydrogen-bond donors (Lipinski definition) is 1. The first-order valence-electron chi connectivity index (χ1n) is 10.1. The summed E-state index contributed by atoms with van der Waals surface area (Å²) in [6.45, 7) is 1.61. The third kappa shape index (κ3) is 5.75. The molecule has 0 aliphatic carbocycles. The van der Waals surface area contributed by atoms with Crippen LogP contribution in [0, 0.1) is 0 Å². The highest BCUT2D eigenvalue weighted by Crippen LogP contribution is 2.35. The van der Waals surface area contributed by atoms with E-state index in [2.05, 4.69) is 10.5 Å². The van der Waals surface area contributed by atoms with E-state index in [1.54, 1.807) is 55.5 Å². The molecule has 9 heteroatoms. The van der Waals surface area contributed by atoms with E-state index in [0.29, 0.717) is 32.0 Å². The van der Waals surface area contributed by atoms with Gasteiger partial charge < -0.3 is 9.47 Å². The van der Waals surface area contributed by atoms with Crippen LogP contribution in [-0.4, -0.2) is 24.2 Å². The van der Waals surface area contributed by atoms with Gasteiger partial charge in [0.2, 0.25) is 0 Å². The van der Waals surface area contributed by atoms with Crippen LogP contribution in [0.5, 0.6) is 11.5 Å². The Labute approximate surface area is 209 Å². The Morgan fingerprint density at radius 3 is 2.53 bits per heavy atom. The molecule has 0 fully saturated rings. The maximum absolute atomic E-state index is 12.7. The number of halogens is 2. The van der Waals surface area contributed by atoms with E-state index in [9.17, 15) is 9.59 Å². The Balaban J connectivity index is 1.36. The molecule has 1 amide bonds. The lowest BCUT2D eigenvalue weighted by atomic mass is 10.2. The SMILES string of the molecule is CC(Oc1ccc(Cl)cc1)C(=O)NN=Cc1cccc(OC(=O)c2sc3ccccc3c2Cl)c1. The number of nitrogens with one attached hydrogen (secondary N) is 1. The van der Waals surface area contributed by atoms with E-state index >= 15 is 0 Å². The van der Waals surface area contributed by atoms with Crippen molar-refractivity contribution in [2.24, 2.45) is 5.10 Å². The molecule has 0 aliphatic rings. The fraction of sp³-hybridized carbons (Fsp3) is 0.0800. The molecule has 172 valence electrons. The lowest BCUT2D eigenvalue weighted by molar-refractivity contribution is -0.127. The van der Waals surface area contributed by atoms with Gasteiger partial charge in [0, 0.05) is 15.1 Å². The summed E-state index contributed by atoms with van der Waals surface area (Å²) in [6.07, 6.45) is 0.674. The van der Waals surface area contributed by atoms with E-state index in [1.165, 1.54) is 17.6 Å². The smallest absolute Gasteiger partial charge is 0.355 e. The van der Waals surface area contributed by atoms with Crippen LogP contribution in [-0.2, 0) is 4.79 Å². The van der Waals surface area contributed by atoms with Crippen molar-refractivity contribution in [3.05, 3.63) is 93.3 Å². The highest BCUT2D eigenvalue weighted by Gasteiger charge is 2.19. The predicted molar refractivity (Wildman–Crippen MR) is 136 cm³/mol. The number of rotatable bonds is 7. The molecule has 0 bridgehead atoms. The quantitative estimate of drug-likeness (QED) is 0.135. The van der Waals surface area contributed by atoms with Crippen LogP contribution in [0.1, 0.15) is 22.2 Å². The molecule has 4 aromatic rings. The maximum atomic E-state index is 12.7. The van der Waals surface area contributed by atoms with E-state index in [1.807, 2.05) is 24.3 Å². The van der Waals surface area contributed by atoms with Gasteiger partial charge in [0.15, 0.2) is 6.10 Å². The number of fused-ring (bicyclic) bond motifs is 1. The lowest BCUT2D eigenvalue weighted by Crippen LogP contribution is -2.33. The number of amides is 1. The van der Waals surface area contributed by atoms with Gasteiger partial charge in [0.1, 0.15) is 16.4 Å². The second kappa shape index (κ2) is 10.7. The molecule has 1 heterocycles. The molecule has 1 atom stereocenters. The first-order chi connectivity index (χ1) is 16.4. The van der Waals surface area contributed by atoms with Gasteiger partial charge in [-0.3, -0.25) is 4.79 Å². The first kappa shape index (κ1) is 23.8. The van der Waals surface area contributed by atoms with E-state index in [-0.39, 0.29) is 0 Å². The number of carbonyl (C=O) groups is 2. The maximum Gasteiger partial charge on any atom is 0.355 e. The number of carbonyl (C=O) groups excluding carboxylic acids is 2. The van der Waals surface area contributed by atoms with E-state index < -0.39 is 18.0 Å². The minimum absolute atomic E-state index is 0.327. The van der Waals surface area contributed by atoms with Gasteiger partial charge in [-0.25, -0.2) is 10.2 Å². The molecule has 0 radical (unpaired) electrons. The van der Waals surface area contributed by atoms with Crippen molar-refractivity contribution in [1.29, 1.82) is 0 Å². The second-order valence-corrected chi connectivity index (χ2v) is 9.02. The summed E-state index contributed by atoms with van der Waals surface area (Å²) >= 11 is 13.5. The first-order valence-corrected chi connectivity index (χ1v) is 11.7. The summed E-state index contributed by atoms with van der Waals surface area (Å²) in [5.41, 5.74) is 3.05. The number of ether oxygens (including phenoxy) is 2. The molecule has 1 aromatic heterocycles. The average molecular weight is 513 g/mol. The zero-order chi connectivity index (χ0) is 24.1. The lowest BCUT2D eigenvalue weighted by Gasteiger charge is -2.12. The molecule has 1 unspecified atom stereocenters. The summed E-state index contributed by atoms with van der Waals surface area (Å²) < 4.78 is 12.0. The Morgan fingerprint density at radius 1 is 1.00 bits per heavy atom. The van der Waals surface area contributed by atoms with Crippen LogP contribution < -0.4 is 14.9 Å². The standard InChI is InChI=1S/C25H18Cl2N2O4S/c1-15(32-18-11-9-17(26)10-12-18)24(30)29-28-14-16-5-4-6-19(13-16)33-25(31)23-22(27)20-7-2-3-8-21(20)34-23/h2-15H,1H3,(H,29,30). The zero-order valence-corrected chi connectivity index (χ0v) is 20.2. The fourth-order valence-electron chi connectivity index (χ4n) is 2.99. The molecule has 4 rings (SSSR count). The van der Waals surface area contributed by atoms with Crippen molar-refractivity contribution >= 4 is 62.7 Å². The number of thiophene rings is 1. The number of hydrogen-bond acceptors (Lipinski definition) is 6. The topological polar surface area (TPSA) is 77.0 Å². The molecule has 6 nitrogen and oxygen atoms in total. The molecular formula is C25H18Cl2N2O4S. The monoisotopic (exact) mass is 512 g/mol. The van der Waals surface area contributed by atoms with Gasteiger partial charge in [-0.05, 0) is 55.0 Å². The van der Waals surface area contributed by atoms with Gasteiger partial charge in [0.05, 0.1) is 11.2 Å². The van der Waals surface area contributed by atoms with Crippen molar-refractivity contribution in [2.45, 2.75) is 13.0 Å².